The van der Waals surface area contributed by atoms with Crippen LogP contribution in [-0.4, -0.2) is 10.7 Å². The van der Waals surface area contributed by atoms with Crippen LogP contribution >= 0.6 is 0 Å². The van der Waals surface area contributed by atoms with E-state index in [1.807, 2.05) is 0 Å². The maximum atomic E-state index is 10.3. The second kappa shape index (κ2) is 3.69. The second-order valence-corrected chi connectivity index (χ2v) is 5.56. The Balaban J connectivity index is 1.93. The molecule has 0 aliphatic heterocycles. The smallest absolute Gasteiger partial charge is 0.0830 e. The van der Waals surface area contributed by atoms with Crippen LogP contribution in [0.15, 0.2) is 12.2 Å². The Labute approximate surface area is 87.2 Å². The molecule has 1 N–H and O–H groups in total. The van der Waals surface area contributed by atoms with Crippen LogP contribution in [0.4, 0.5) is 0 Å². The van der Waals surface area contributed by atoms with E-state index >= 15 is 0 Å². The Morgan fingerprint density at radius 1 is 1.36 bits per heavy atom. The van der Waals surface area contributed by atoms with Gasteiger partial charge in [-0.05, 0) is 37.0 Å². The molecule has 2 atom stereocenters. The van der Waals surface area contributed by atoms with Gasteiger partial charge < -0.3 is 5.11 Å². The zero-order valence-electron chi connectivity index (χ0n) is 9.37. The first-order valence-corrected chi connectivity index (χ1v) is 6.01. The third-order valence-corrected chi connectivity index (χ3v) is 3.76. The molecule has 1 saturated carbocycles. The molecular weight excluding hydrogens is 172 g/mol. The van der Waals surface area contributed by atoms with Crippen molar-refractivity contribution in [1.82, 2.24) is 0 Å². The minimum absolute atomic E-state index is 0.452. The summed E-state index contributed by atoms with van der Waals surface area (Å²) < 4.78 is 0. The van der Waals surface area contributed by atoms with E-state index in [4.69, 9.17) is 0 Å². The maximum absolute atomic E-state index is 10.3. The molecule has 0 saturated heterocycles. The molecule has 2 aliphatic rings. The number of aliphatic hydroxyl groups is 1. The molecule has 0 radical (unpaired) electrons. The highest BCUT2D eigenvalue weighted by molar-refractivity contribution is 5.09. The van der Waals surface area contributed by atoms with E-state index in [-0.39, 0.29) is 0 Å². The topological polar surface area (TPSA) is 20.2 Å². The highest BCUT2D eigenvalue weighted by Crippen LogP contribution is 2.41. The minimum atomic E-state index is -0.452. The Kier molecular flexibility index (Phi) is 2.70. The summed E-state index contributed by atoms with van der Waals surface area (Å²) in [5.41, 5.74) is -0.452. The van der Waals surface area contributed by atoms with Gasteiger partial charge in [0.2, 0.25) is 0 Å². The van der Waals surface area contributed by atoms with E-state index in [1.165, 1.54) is 12.8 Å². The molecular formula is C13H22O. The highest BCUT2D eigenvalue weighted by Gasteiger charge is 2.35. The molecule has 80 valence electrons. The van der Waals surface area contributed by atoms with Crippen molar-refractivity contribution in [3.05, 3.63) is 12.2 Å². The summed E-state index contributed by atoms with van der Waals surface area (Å²) in [4.78, 5) is 0. The van der Waals surface area contributed by atoms with E-state index in [0.717, 1.165) is 31.1 Å². The summed E-state index contributed by atoms with van der Waals surface area (Å²) in [6.07, 6.45) is 10.2. The van der Waals surface area contributed by atoms with Crippen molar-refractivity contribution in [3.8, 4) is 0 Å². The summed E-state index contributed by atoms with van der Waals surface area (Å²) in [6.45, 7) is 4.53. The lowest BCUT2D eigenvalue weighted by Crippen LogP contribution is -2.31. The highest BCUT2D eigenvalue weighted by atomic mass is 16.3. The predicted octanol–water partition coefficient (Wildman–Crippen LogP) is 3.14. The molecule has 14 heavy (non-hydrogen) atoms. The number of rotatable bonds is 3. The van der Waals surface area contributed by atoms with Crippen molar-refractivity contribution >= 4 is 0 Å². The van der Waals surface area contributed by atoms with Gasteiger partial charge in [0.25, 0.3) is 0 Å². The fourth-order valence-corrected chi connectivity index (χ4v) is 2.45. The number of hydrogen-bond donors (Lipinski definition) is 1. The first-order valence-electron chi connectivity index (χ1n) is 6.01. The predicted molar refractivity (Wildman–Crippen MR) is 59.0 cm³/mol. The summed E-state index contributed by atoms with van der Waals surface area (Å²) in [7, 11) is 0. The van der Waals surface area contributed by atoms with Crippen LogP contribution in [0, 0.1) is 17.8 Å². The van der Waals surface area contributed by atoms with Gasteiger partial charge >= 0.3 is 0 Å². The summed E-state index contributed by atoms with van der Waals surface area (Å²) >= 11 is 0. The molecule has 0 bridgehead atoms. The van der Waals surface area contributed by atoms with E-state index in [2.05, 4.69) is 26.0 Å². The van der Waals surface area contributed by atoms with Gasteiger partial charge in [0, 0.05) is 0 Å². The average Bonchev–Trinajstić information content (AvgIpc) is 2.88. The third-order valence-electron chi connectivity index (χ3n) is 3.76. The van der Waals surface area contributed by atoms with Gasteiger partial charge in [-0.25, -0.2) is 0 Å². The number of allylic oxidation sites excluding steroid dienone is 1. The Morgan fingerprint density at radius 2 is 2.07 bits per heavy atom. The fraction of sp³-hybridized carbons (Fsp3) is 0.846. The zero-order valence-corrected chi connectivity index (χ0v) is 9.37. The van der Waals surface area contributed by atoms with Crippen LogP contribution in [0.5, 0.6) is 0 Å². The first-order chi connectivity index (χ1) is 6.59. The SMILES string of the molecule is CC(C)C1C=CC(O)(CC2CC2)CC1. The monoisotopic (exact) mass is 194 g/mol. The Hall–Kier alpha value is -0.300. The number of hydrogen-bond acceptors (Lipinski definition) is 1. The van der Waals surface area contributed by atoms with Crippen LogP contribution in [0.3, 0.4) is 0 Å². The van der Waals surface area contributed by atoms with E-state index in [0.29, 0.717) is 5.92 Å². The standard InChI is InChI=1S/C13H22O/c1-10(2)12-5-7-13(14,8-6-12)9-11-3-4-11/h5,7,10-12,14H,3-4,6,8-9H2,1-2H3. The molecule has 2 rings (SSSR count). The van der Waals surface area contributed by atoms with Crippen LogP contribution in [0.2, 0.25) is 0 Å². The van der Waals surface area contributed by atoms with Crippen molar-refractivity contribution in [1.29, 1.82) is 0 Å². The molecule has 2 unspecified atom stereocenters. The van der Waals surface area contributed by atoms with Crippen molar-refractivity contribution < 1.29 is 5.11 Å². The van der Waals surface area contributed by atoms with Gasteiger partial charge in [-0.2, -0.15) is 0 Å². The minimum Gasteiger partial charge on any atom is -0.386 e. The van der Waals surface area contributed by atoms with Gasteiger partial charge in [-0.15, -0.1) is 0 Å². The molecule has 0 aromatic heterocycles. The van der Waals surface area contributed by atoms with Gasteiger partial charge in [0.05, 0.1) is 5.60 Å². The molecule has 1 nitrogen and oxygen atoms in total. The van der Waals surface area contributed by atoms with E-state index in [9.17, 15) is 5.11 Å². The molecule has 0 spiro atoms. The normalized spacial score (nSPS) is 37.9. The molecule has 2 aliphatic carbocycles. The van der Waals surface area contributed by atoms with Gasteiger partial charge in [0.1, 0.15) is 0 Å². The van der Waals surface area contributed by atoms with E-state index < -0.39 is 5.60 Å². The van der Waals surface area contributed by atoms with Crippen LogP contribution in [-0.2, 0) is 0 Å². The quantitative estimate of drug-likeness (QED) is 0.684. The fourth-order valence-electron chi connectivity index (χ4n) is 2.45. The molecule has 0 amide bonds. The Morgan fingerprint density at radius 3 is 2.50 bits per heavy atom. The van der Waals surface area contributed by atoms with Gasteiger partial charge in [-0.3, -0.25) is 0 Å². The summed E-state index contributed by atoms with van der Waals surface area (Å²) in [6, 6.07) is 0. The lowest BCUT2D eigenvalue weighted by molar-refractivity contribution is 0.0514. The molecule has 0 aromatic carbocycles. The second-order valence-electron chi connectivity index (χ2n) is 5.56. The zero-order chi connectivity index (χ0) is 10.2. The average molecular weight is 194 g/mol. The van der Waals surface area contributed by atoms with Crippen molar-refractivity contribution in [2.24, 2.45) is 17.8 Å². The van der Waals surface area contributed by atoms with Gasteiger partial charge in [-0.1, -0.05) is 38.8 Å². The molecule has 1 heteroatoms. The first kappa shape index (κ1) is 10.2. The van der Waals surface area contributed by atoms with Crippen LogP contribution in [0.1, 0.15) is 46.0 Å². The van der Waals surface area contributed by atoms with Gasteiger partial charge in [0.15, 0.2) is 0 Å². The lowest BCUT2D eigenvalue weighted by Gasteiger charge is -2.32. The van der Waals surface area contributed by atoms with Crippen LogP contribution < -0.4 is 0 Å². The third kappa shape index (κ3) is 2.38. The Bertz CT molecular complexity index is 227. The largest absolute Gasteiger partial charge is 0.386 e. The van der Waals surface area contributed by atoms with Crippen molar-refractivity contribution in [2.45, 2.75) is 51.6 Å². The molecule has 0 heterocycles. The van der Waals surface area contributed by atoms with Crippen molar-refractivity contribution in [2.75, 3.05) is 0 Å². The molecule has 1 fully saturated rings. The molecule has 0 aromatic rings. The van der Waals surface area contributed by atoms with Crippen LogP contribution in [0.25, 0.3) is 0 Å². The maximum Gasteiger partial charge on any atom is 0.0830 e. The lowest BCUT2D eigenvalue weighted by atomic mass is 9.78. The summed E-state index contributed by atoms with van der Waals surface area (Å²) in [5.74, 6) is 2.23. The summed E-state index contributed by atoms with van der Waals surface area (Å²) in [5, 5.41) is 10.3. The van der Waals surface area contributed by atoms with Crippen molar-refractivity contribution in [3.63, 3.8) is 0 Å². The van der Waals surface area contributed by atoms with E-state index in [1.54, 1.807) is 0 Å².